The molecule has 1 saturated carbocycles. The van der Waals surface area contributed by atoms with Gasteiger partial charge in [0.1, 0.15) is 4.90 Å². The van der Waals surface area contributed by atoms with Crippen LogP contribution in [0.3, 0.4) is 0 Å². The normalized spacial score (nSPS) is 22.3. The lowest BCUT2D eigenvalue weighted by molar-refractivity contribution is 0.272. The third-order valence-electron chi connectivity index (χ3n) is 3.78. The number of pyridine rings is 1. The molecule has 1 aromatic heterocycles. The Bertz CT molecular complexity index is 706. The van der Waals surface area contributed by atoms with Crippen LogP contribution in [0.25, 0.3) is 0 Å². The summed E-state index contributed by atoms with van der Waals surface area (Å²) in [6.45, 7) is 0.809. The molecule has 0 aromatic carbocycles. The van der Waals surface area contributed by atoms with Crippen molar-refractivity contribution >= 4 is 20.0 Å². The molecule has 1 aliphatic carbocycles. The second kappa shape index (κ2) is 5.31. The molecular formula is C12H17N3O4S2. The van der Waals surface area contributed by atoms with E-state index in [0.717, 1.165) is 12.8 Å². The lowest BCUT2D eigenvalue weighted by atomic mass is 10.4. The Hall–Kier alpha value is -1.03. The maximum absolute atomic E-state index is 12.4. The second-order valence-corrected chi connectivity index (χ2v) is 9.39. The van der Waals surface area contributed by atoms with Gasteiger partial charge >= 0.3 is 0 Å². The van der Waals surface area contributed by atoms with Crippen LogP contribution in [0.1, 0.15) is 12.8 Å². The highest BCUT2D eigenvalue weighted by Gasteiger charge is 2.42. The van der Waals surface area contributed by atoms with Crippen LogP contribution < -0.4 is 0 Å². The highest BCUT2D eigenvalue weighted by atomic mass is 32.2. The topological polar surface area (TPSA) is 87.7 Å². The van der Waals surface area contributed by atoms with Crippen molar-refractivity contribution in [1.29, 1.82) is 0 Å². The van der Waals surface area contributed by atoms with E-state index in [1.54, 1.807) is 6.07 Å². The van der Waals surface area contributed by atoms with Gasteiger partial charge in [-0.05, 0) is 25.0 Å². The molecule has 2 fully saturated rings. The largest absolute Gasteiger partial charge is 0.263 e. The SMILES string of the molecule is O=S(=O)(c1cccnc1)N1CCN(S(=O)(=O)C2CC2)CC1. The molecule has 1 aliphatic heterocycles. The molecule has 2 aliphatic rings. The smallest absolute Gasteiger partial charge is 0.244 e. The van der Waals surface area contributed by atoms with E-state index in [1.165, 1.54) is 27.1 Å². The van der Waals surface area contributed by atoms with Crippen molar-refractivity contribution in [3.8, 4) is 0 Å². The van der Waals surface area contributed by atoms with E-state index in [-0.39, 0.29) is 36.3 Å². The first-order valence-electron chi connectivity index (χ1n) is 6.81. The Morgan fingerprint density at radius 1 is 1.00 bits per heavy atom. The zero-order chi connectivity index (χ0) is 15.1. The predicted octanol–water partition coefficient (Wildman–Crippen LogP) is -0.120. The lowest BCUT2D eigenvalue weighted by Gasteiger charge is -2.33. The van der Waals surface area contributed by atoms with Crippen molar-refractivity contribution in [1.82, 2.24) is 13.6 Å². The van der Waals surface area contributed by atoms with Crippen LogP contribution in [0.2, 0.25) is 0 Å². The number of sulfonamides is 2. The molecule has 0 unspecified atom stereocenters. The Balaban J connectivity index is 1.71. The first kappa shape index (κ1) is 14.9. The molecule has 21 heavy (non-hydrogen) atoms. The summed E-state index contributed by atoms with van der Waals surface area (Å²) >= 11 is 0. The van der Waals surface area contributed by atoms with Crippen LogP contribution in [0, 0.1) is 0 Å². The van der Waals surface area contributed by atoms with Crippen molar-refractivity contribution in [2.45, 2.75) is 23.0 Å². The molecule has 2 heterocycles. The summed E-state index contributed by atoms with van der Waals surface area (Å²) < 4.78 is 51.8. The van der Waals surface area contributed by atoms with Gasteiger partial charge in [-0.2, -0.15) is 8.61 Å². The van der Waals surface area contributed by atoms with Gasteiger partial charge in [0, 0.05) is 38.6 Å². The van der Waals surface area contributed by atoms with E-state index in [0.29, 0.717) is 0 Å². The molecule has 3 rings (SSSR count). The molecule has 116 valence electrons. The van der Waals surface area contributed by atoms with Gasteiger partial charge in [-0.15, -0.1) is 0 Å². The monoisotopic (exact) mass is 331 g/mol. The van der Waals surface area contributed by atoms with E-state index in [2.05, 4.69) is 4.98 Å². The van der Waals surface area contributed by atoms with Crippen molar-refractivity contribution in [3.63, 3.8) is 0 Å². The van der Waals surface area contributed by atoms with Crippen LogP contribution in [-0.4, -0.2) is 61.9 Å². The molecule has 1 saturated heterocycles. The van der Waals surface area contributed by atoms with Crippen LogP contribution in [0.4, 0.5) is 0 Å². The molecule has 0 amide bonds. The Morgan fingerprint density at radius 3 is 2.14 bits per heavy atom. The van der Waals surface area contributed by atoms with Crippen molar-refractivity contribution < 1.29 is 16.8 Å². The summed E-state index contributed by atoms with van der Waals surface area (Å²) in [5.41, 5.74) is 0. The lowest BCUT2D eigenvalue weighted by Crippen LogP contribution is -2.51. The van der Waals surface area contributed by atoms with Gasteiger partial charge in [0.2, 0.25) is 20.0 Å². The molecule has 1 aromatic rings. The van der Waals surface area contributed by atoms with Gasteiger partial charge in [0.25, 0.3) is 0 Å². The number of rotatable bonds is 4. The van der Waals surface area contributed by atoms with Crippen molar-refractivity contribution in [3.05, 3.63) is 24.5 Å². The Morgan fingerprint density at radius 2 is 1.62 bits per heavy atom. The fourth-order valence-corrected chi connectivity index (χ4v) is 5.60. The molecule has 9 heteroatoms. The van der Waals surface area contributed by atoms with E-state index >= 15 is 0 Å². The zero-order valence-electron chi connectivity index (χ0n) is 11.4. The van der Waals surface area contributed by atoms with Gasteiger partial charge in [-0.3, -0.25) is 4.98 Å². The maximum atomic E-state index is 12.4. The van der Waals surface area contributed by atoms with Crippen LogP contribution >= 0.6 is 0 Å². The highest BCUT2D eigenvalue weighted by molar-refractivity contribution is 7.90. The molecule has 0 N–H and O–H groups in total. The minimum absolute atomic E-state index is 0.142. The number of piperazine rings is 1. The van der Waals surface area contributed by atoms with Gasteiger partial charge in [-0.25, -0.2) is 16.8 Å². The van der Waals surface area contributed by atoms with Gasteiger partial charge in [-0.1, -0.05) is 0 Å². The van der Waals surface area contributed by atoms with E-state index in [1.807, 2.05) is 0 Å². The van der Waals surface area contributed by atoms with Gasteiger partial charge in [0.05, 0.1) is 5.25 Å². The van der Waals surface area contributed by atoms with Crippen LogP contribution in [-0.2, 0) is 20.0 Å². The van der Waals surface area contributed by atoms with Gasteiger partial charge in [0.15, 0.2) is 0 Å². The highest BCUT2D eigenvalue weighted by Crippen LogP contribution is 2.31. The number of nitrogens with zero attached hydrogens (tertiary/aromatic N) is 3. The third kappa shape index (κ3) is 2.83. The minimum atomic E-state index is -3.59. The van der Waals surface area contributed by atoms with Gasteiger partial charge < -0.3 is 0 Å². The first-order chi connectivity index (χ1) is 9.92. The summed E-state index contributed by atoms with van der Waals surface area (Å²) in [6, 6.07) is 3.07. The Kier molecular flexibility index (Phi) is 3.76. The summed E-state index contributed by atoms with van der Waals surface area (Å²) in [5.74, 6) is 0. The molecule has 0 atom stereocenters. The maximum Gasteiger partial charge on any atom is 0.244 e. The van der Waals surface area contributed by atoms with Crippen LogP contribution in [0.15, 0.2) is 29.4 Å². The first-order valence-corrected chi connectivity index (χ1v) is 9.76. The fraction of sp³-hybridized carbons (Fsp3) is 0.583. The molecule has 7 nitrogen and oxygen atoms in total. The fourth-order valence-electron chi connectivity index (χ4n) is 2.39. The average Bonchev–Trinajstić information content (AvgIpc) is 3.33. The quantitative estimate of drug-likeness (QED) is 0.767. The molecule has 0 spiro atoms. The molecule has 0 bridgehead atoms. The van der Waals surface area contributed by atoms with Crippen LogP contribution in [0.5, 0.6) is 0 Å². The third-order valence-corrected chi connectivity index (χ3v) is 8.06. The zero-order valence-corrected chi connectivity index (χ0v) is 13.1. The van der Waals surface area contributed by atoms with E-state index in [9.17, 15) is 16.8 Å². The average molecular weight is 331 g/mol. The number of hydrogen-bond acceptors (Lipinski definition) is 5. The summed E-state index contributed by atoms with van der Waals surface area (Å²) in [6.07, 6.45) is 4.26. The standard InChI is InChI=1S/C12H17N3O4S2/c16-20(17,11-3-4-11)14-6-8-15(9-7-14)21(18,19)12-2-1-5-13-10-12/h1-2,5,10-11H,3-4,6-9H2. The van der Waals surface area contributed by atoms with Crippen molar-refractivity contribution in [2.24, 2.45) is 0 Å². The predicted molar refractivity (Wildman–Crippen MR) is 76.5 cm³/mol. The minimum Gasteiger partial charge on any atom is -0.263 e. The van der Waals surface area contributed by atoms with E-state index < -0.39 is 20.0 Å². The second-order valence-electron chi connectivity index (χ2n) is 5.24. The van der Waals surface area contributed by atoms with E-state index in [4.69, 9.17) is 0 Å². The Labute approximate surface area is 124 Å². The summed E-state index contributed by atoms with van der Waals surface area (Å²) in [5, 5.41) is -0.251. The summed E-state index contributed by atoms with van der Waals surface area (Å²) in [7, 11) is -6.81. The molecular weight excluding hydrogens is 314 g/mol. The number of hydrogen-bond donors (Lipinski definition) is 0. The molecule has 0 radical (unpaired) electrons. The number of aromatic nitrogens is 1. The summed E-state index contributed by atoms with van der Waals surface area (Å²) in [4.78, 5) is 3.96. The van der Waals surface area contributed by atoms with Crippen molar-refractivity contribution in [2.75, 3.05) is 26.2 Å².